The number of halogens is 2. The Morgan fingerprint density at radius 2 is 1.87 bits per heavy atom. The van der Waals surface area contributed by atoms with Crippen molar-refractivity contribution in [2.75, 3.05) is 31.1 Å². The molecule has 1 fully saturated rings. The van der Waals surface area contributed by atoms with E-state index in [-0.39, 0.29) is 0 Å². The van der Waals surface area contributed by atoms with Crippen molar-refractivity contribution in [1.29, 1.82) is 5.26 Å². The van der Waals surface area contributed by atoms with Crippen LogP contribution >= 0.6 is 0 Å². The lowest BCUT2D eigenvalue weighted by Crippen LogP contribution is -2.46. The predicted octanol–water partition coefficient (Wildman–Crippen LogP) is 2.55. The van der Waals surface area contributed by atoms with E-state index in [1.807, 2.05) is 11.0 Å². The van der Waals surface area contributed by atoms with Crippen LogP contribution in [-0.4, -0.2) is 36.1 Å². The number of aromatic nitrogens is 1. The molecule has 0 spiro atoms. The summed E-state index contributed by atoms with van der Waals surface area (Å²) in [4.78, 5) is 8.22. The summed E-state index contributed by atoms with van der Waals surface area (Å²) < 4.78 is 26.8. The van der Waals surface area contributed by atoms with E-state index in [0.29, 0.717) is 30.9 Å². The average Bonchev–Trinajstić information content (AvgIpc) is 2.56. The number of rotatable bonds is 3. The third-order valence-corrected chi connectivity index (χ3v) is 3.95. The molecule has 0 unspecified atom stereocenters. The van der Waals surface area contributed by atoms with Gasteiger partial charge in [-0.1, -0.05) is 0 Å². The molecule has 0 radical (unpaired) electrons. The maximum absolute atomic E-state index is 13.8. The normalized spacial score (nSPS) is 15.4. The fourth-order valence-electron chi connectivity index (χ4n) is 2.78. The van der Waals surface area contributed by atoms with Gasteiger partial charge in [-0.05, 0) is 23.8 Å². The number of nitriles is 1. The molecular formula is C17H16F2N4. The number of hydrogen-bond donors (Lipinski definition) is 0. The Morgan fingerprint density at radius 3 is 2.57 bits per heavy atom. The molecule has 0 amide bonds. The molecule has 0 saturated carbocycles. The van der Waals surface area contributed by atoms with Gasteiger partial charge in [0.15, 0.2) is 0 Å². The van der Waals surface area contributed by atoms with Crippen molar-refractivity contribution in [3.8, 4) is 6.07 Å². The van der Waals surface area contributed by atoms with Gasteiger partial charge < -0.3 is 4.90 Å². The Balaban J connectivity index is 1.61. The third-order valence-electron chi connectivity index (χ3n) is 3.95. The molecular weight excluding hydrogens is 298 g/mol. The second kappa shape index (κ2) is 6.71. The highest BCUT2D eigenvalue weighted by Gasteiger charge is 2.20. The fourth-order valence-corrected chi connectivity index (χ4v) is 2.78. The van der Waals surface area contributed by atoms with Crippen LogP contribution in [0.25, 0.3) is 0 Å². The molecule has 2 aromatic rings. The zero-order valence-electron chi connectivity index (χ0n) is 12.5. The van der Waals surface area contributed by atoms with Crippen LogP contribution in [-0.2, 0) is 6.54 Å². The van der Waals surface area contributed by atoms with Crippen LogP contribution in [0, 0.1) is 23.0 Å². The lowest BCUT2D eigenvalue weighted by molar-refractivity contribution is 0.249. The molecule has 0 N–H and O–H groups in total. The van der Waals surface area contributed by atoms with Crippen molar-refractivity contribution in [3.05, 3.63) is 59.4 Å². The van der Waals surface area contributed by atoms with Gasteiger partial charge in [0.2, 0.25) is 0 Å². The molecule has 118 valence electrons. The highest BCUT2D eigenvalue weighted by Crippen LogP contribution is 2.22. The Morgan fingerprint density at radius 1 is 1.09 bits per heavy atom. The smallest absolute Gasteiger partial charge is 0.149 e. The van der Waals surface area contributed by atoms with Crippen LogP contribution in [0.2, 0.25) is 0 Å². The number of hydrogen-bond acceptors (Lipinski definition) is 4. The number of nitrogens with zero attached hydrogens (tertiary/aromatic N) is 4. The zero-order valence-corrected chi connectivity index (χ0v) is 12.5. The standard InChI is InChI=1S/C17H16F2N4/c18-15-1-2-17(16(19)8-15)23-5-3-22(4-6-23)12-14-7-13(9-20)10-21-11-14/h1-2,7-8,10-11H,3-6,12H2. The maximum atomic E-state index is 13.8. The summed E-state index contributed by atoms with van der Waals surface area (Å²) in [5.41, 5.74) is 1.99. The van der Waals surface area contributed by atoms with Crippen LogP contribution < -0.4 is 4.90 Å². The predicted molar refractivity (Wildman–Crippen MR) is 82.8 cm³/mol. The van der Waals surface area contributed by atoms with E-state index in [9.17, 15) is 8.78 Å². The number of piperazine rings is 1. The highest BCUT2D eigenvalue weighted by molar-refractivity contribution is 5.48. The van der Waals surface area contributed by atoms with Crippen LogP contribution in [0.5, 0.6) is 0 Å². The van der Waals surface area contributed by atoms with Gasteiger partial charge >= 0.3 is 0 Å². The van der Waals surface area contributed by atoms with E-state index in [1.54, 1.807) is 12.4 Å². The summed E-state index contributed by atoms with van der Waals surface area (Å²) in [7, 11) is 0. The monoisotopic (exact) mass is 314 g/mol. The Hall–Kier alpha value is -2.52. The van der Waals surface area contributed by atoms with E-state index < -0.39 is 11.6 Å². The minimum absolute atomic E-state index is 0.444. The van der Waals surface area contributed by atoms with Gasteiger partial charge in [0.1, 0.15) is 17.7 Å². The van der Waals surface area contributed by atoms with E-state index in [0.717, 1.165) is 24.7 Å². The maximum Gasteiger partial charge on any atom is 0.149 e. The number of anilines is 1. The molecule has 0 bridgehead atoms. The molecule has 1 aromatic carbocycles. The van der Waals surface area contributed by atoms with Gasteiger partial charge in [-0.3, -0.25) is 9.88 Å². The Kier molecular flexibility index (Phi) is 4.49. The largest absolute Gasteiger partial charge is 0.367 e. The topological polar surface area (TPSA) is 43.2 Å². The highest BCUT2D eigenvalue weighted by atomic mass is 19.1. The van der Waals surface area contributed by atoms with Gasteiger partial charge in [0, 0.05) is 51.2 Å². The summed E-state index contributed by atoms with van der Waals surface area (Å²) in [5.74, 6) is -1.08. The SMILES string of the molecule is N#Cc1cncc(CN2CCN(c3ccc(F)cc3F)CC2)c1. The molecule has 2 heterocycles. The van der Waals surface area contributed by atoms with Gasteiger partial charge in [0.05, 0.1) is 11.3 Å². The zero-order chi connectivity index (χ0) is 16.2. The van der Waals surface area contributed by atoms with Crippen molar-refractivity contribution >= 4 is 5.69 Å². The lowest BCUT2D eigenvalue weighted by atomic mass is 10.2. The van der Waals surface area contributed by atoms with Gasteiger partial charge in [-0.15, -0.1) is 0 Å². The first-order valence-electron chi connectivity index (χ1n) is 7.42. The van der Waals surface area contributed by atoms with E-state index >= 15 is 0 Å². The number of benzene rings is 1. The van der Waals surface area contributed by atoms with Crippen molar-refractivity contribution in [1.82, 2.24) is 9.88 Å². The molecule has 1 saturated heterocycles. The molecule has 3 rings (SSSR count). The second-order valence-corrected chi connectivity index (χ2v) is 5.55. The quantitative estimate of drug-likeness (QED) is 0.873. The van der Waals surface area contributed by atoms with E-state index in [4.69, 9.17) is 5.26 Å². The van der Waals surface area contributed by atoms with Crippen LogP contribution in [0.1, 0.15) is 11.1 Å². The van der Waals surface area contributed by atoms with Gasteiger partial charge in [0.25, 0.3) is 0 Å². The summed E-state index contributed by atoms with van der Waals surface area (Å²) in [6, 6.07) is 7.60. The van der Waals surface area contributed by atoms with Crippen LogP contribution in [0.3, 0.4) is 0 Å². The average molecular weight is 314 g/mol. The summed E-state index contributed by atoms with van der Waals surface area (Å²) in [6.45, 7) is 3.60. The second-order valence-electron chi connectivity index (χ2n) is 5.55. The number of pyridine rings is 1. The van der Waals surface area contributed by atoms with Crippen molar-refractivity contribution in [2.24, 2.45) is 0 Å². The molecule has 0 atom stereocenters. The fraction of sp³-hybridized carbons (Fsp3) is 0.294. The molecule has 23 heavy (non-hydrogen) atoms. The first kappa shape index (κ1) is 15.4. The van der Waals surface area contributed by atoms with Crippen molar-refractivity contribution in [3.63, 3.8) is 0 Å². The molecule has 1 aliphatic heterocycles. The summed E-state index contributed by atoms with van der Waals surface area (Å²) in [5, 5.41) is 8.90. The molecule has 1 aromatic heterocycles. The van der Waals surface area contributed by atoms with Crippen LogP contribution in [0.15, 0.2) is 36.7 Å². The molecule has 0 aliphatic carbocycles. The first-order chi connectivity index (χ1) is 11.2. The molecule has 6 heteroatoms. The minimum Gasteiger partial charge on any atom is -0.367 e. The first-order valence-corrected chi connectivity index (χ1v) is 7.42. The van der Waals surface area contributed by atoms with E-state index in [2.05, 4.69) is 16.0 Å². The van der Waals surface area contributed by atoms with Crippen molar-refractivity contribution in [2.45, 2.75) is 6.54 Å². The molecule has 1 aliphatic rings. The van der Waals surface area contributed by atoms with E-state index in [1.165, 1.54) is 12.1 Å². The van der Waals surface area contributed by atoms with Crippen LogP contribution in [0.4, 0.5) is 14.5 Å². The lowest BCUT2D eigenvalue weighted by Gasteiger charge is -2.36. The Bertz CT molecular complexity index is 734. The summed E-state index contributed by atoms with van der Waals surface area (Å²) in [6.07, 6.45) is 3.30. The van der Waals surface area contributed by atoms with Gasteiger partial charge in [-0.2, -0.15) is 5.26 Å². The molecule has 4 nitrogen and oxygen atoms in total. The third kappa shape index (κ3) is 3.63. The Labute approximate surface area is 133 Å². The minimum atomic E-state index is -0.560. The van der Waals surface area contributed by atoms with Gasteiger partial charge in [-0.25, -0.2) is 8.78 Å². The van der Waals surface area contributed by atoms with Crippen molar-refractivity contribution < 1.29 is 8.78 Å². The summed E-state index contributed by atoms with van der Waals surface area (Å²) >= 11 is 0.